The average molecular weight is 394 g/mol. The number of hydrogen-bond acceptors (Lipinski definition) is 3. The Bertz CT molecular complexity index is 1000. The lowest BCUT2D eigenvalue weighted by molar-refractivity contribution is 0.0936. The van der Waals surface area contributed by atoms with E-state index in [9.17, 15) is 14.7 Å². The van der Waals surface area contributed by atoms with E-state index in [0.29, 0.717) is 25.1 Å². The second-order valence-electron chi connectivity index (χ2n) is 7.91. The highest BCUT2D eigenvalue weighted by Crippen LogP contribution is 2.26. The Morgan fingerprint density at radius 1 is 1.10 bits per heavy atom. The lowest BCUT2D eigenvalue weighted by Crippen LogP contribution is -2.46. The summed E-state index contributed by atoms with van der Waals surface area (Å²) in [6, 6.07) is 15.2. The summed E-state index contributed by atoms with van der Waals surface area (Å²) in [7, 11) is 0. The Balaban J connectivity index is 1.58. The molecule has 2 aromatic carbocycles. The third-order valence-corrected chi connectivity index (χ3v) is 4.78. The van der Waals surface area contributed by atoms with Crippen LogP contribution in [0.3, 0.4) is 0 Å². The van der Waals surface area contributed by atoms with Crippen LogP contribution in [0.4, 0.5) is 4.79 Å². The lowest BCUT2D eigenvalue weighted by Gasteiger charge is -2.33. The molecule has 7 nitrogen and oxygen atoms in total. The van der Waals surface area contributed by atoms with Crippen LogP contribution in [0.1, 0.15) is 37.6 Å². The van der Waals surface area contributed by atoms with Crippen LogP contribution in [0.5, 0.6) is 0 Å². The Labute approximate surface area is 169 Å². The second-order valence-corrected chi connectivity index (χ2v) is 7.91. The number of nitrogens with one attached hydrogen (secondary N) is 2. The van der Waals surface area contributed by atoms with Crippen molar-refractivity contribution in [3.05, 3.63) is 54.1 Å². The van der Waals surface area contributed by atoms with Crippen molar-refractivity contribution in [3.63, 3.8) is 0 Å². The highest BCUT2D eigenvalue weighted by atomic mass is 16.4. The largest absolute Gasteiger partial charge is 0.465 e. The van der Waals surface area contributed by atoms with Crippen LogP contribution in [0.25, 0.3) is 22.2 Å². The van der Waals surface area contributed by atoms with Crippen molar-refractivity contribution in [3.8, 4) is 11.3 Å². The summed E-state index contributed by atoms with van der Waals surface area (Å²) in [6.07, 6.45) is -0.405. The van der Waals surface area contributed by atoms with Crippen LogP contribution in [0, 0.1) is 0 Å². The molecule has 7 heteroatoms. The smallest absolute Gasteiger partial charge is 0.407 e. The molecule has 0 atom stereocenters. The van der Waals surface area contributed by atoms with Gasteiger partial charge >= 0.3 is 6.09 Å². The molecule has 3 rings (SSSR count). The molecule has 0 bridgehead atoms. The Hall–Kier alpha value is -3.35. The van der Waals surface area contributed by atoms with Gasteiger partial charge in [-0.05, 0) is 45.4 Å². The van der Waals surface area contributed by atoms with Gasteiger partial charge in [-0.25, -0.2) is 4.79 Å². The molecule has 1 heterocycles. The molecule has 29 heavy (non-hydrogen) atoms. The van der Waals surface area contributed by atoms with E-state index in [1.165, 1.54) is 4.90 Å². The van der Waals surface area contributed by atoms with Crippen LogP contribution in [0.2, 0.25) is 0 Å². The number of amides is 2. The maximum atomic E-state index is 12.4. The Morgan fingerprint density at radius 3 is 2.45 bits per heavy atom. The summed E-state index contributed by atoms with van der Waals surface area (Å²) in [4.78, 5) is 25.1. The fourth-order valence-corrected chi connectivity index (χ4v) is 3.22. The van der Waals surface area contributed by atoms with E-state index in [-0.39, 0.29) is 5.91 Å². The maximum Gasteiger partial charge on any atom is 0.407 e. The number of rotatable bonds is 6. The van der Waals surface area contributed by atoms with Crippen molar-refractivity contribution >= 4 is 22.9 Å². The molecular formula is C22H26N4O3. The number of carbonyl (C=O) groups excluding carboxylic acids is 1. The van der Waals surface area contributed by atoms with Gasteiger partial charge in [-0.1, -0.05) is 30.3 Å². The van der Waals surface area contributed by atoms with Gasteiger partial charge in [0.2, 0.25) is 0 Å². The number of benzene rings is 2. The minimum atomic E-state index is -0.953. The van der Waals surface area contributed by atoms with Gasteiger partial charge in [0, 0.05) is 35.1 Å². The molecule has 0 aliphatic heterocycles. The number of carbonyl (C=O) groups is 2. The third kappa shape index (κ3) is 4.74. The van der Waals surface area contributed by atoms with Gasteiger partial charge < -0.3 is 15.3 Å². The first-order valence-electron chi connectivity index (χ1n) is 9.59. The summed E-state index contributed by atoms with van der Waals surface area (Å²) in [6.45, 7) is 6.33. The number of aromatic nitrogens is 2. The number of H-pyrrole nitrogens is 1. The first kappa shape index (κ1) is 20.4. The van der Waals surface area contributed by atoms with Crippen molar-refractivity contribution < 1.29 is 14.7 Å². The number of hydrogen-bond donors (Lipinski definition) is 3. The van der Waals surface area contributed by atoms with Gasteiger partial charge in [0.15, 0.2) is 0 Å². The van der Waals surface area contributed by atoms with Gasteiger partial charge in [-0.3, -0.25) is 9.89 Å². The fourth-order valence-electron chi connectivity index (χ4n) is 3.22. The quantitative estimate of drug-likeness (QED) is 0.548. The first-order valence-corrected chi connectivity index (χ1v) is 9.59. The molecule has 0 unspecified atom stereocenters. The molecule has 0 saturated heterocycles. The van der Waals surface area contributed by atoms with Crippen molar-refractivity contribution in [2.45, 2.75) is 32.7 Å². The lowest BCUT2D eigenvalue weighted by atomic mass is 10.1. The average Bonchev–Trinajstić information content (AvgIpc) is 3.10. The van der Waals surface area contributed by atoms with E-state index in [1.807, 2.05) is 57.2 Å². The number of aromatic amines is 1. The molecule has 0 fully saturated rings. The molecule has 0 radical (unpaired) electrons. The SMILES string of the molecule is CC(C)(C)N(CCCNC(=O)c1ccc(-c2n[nH]c3ccccc23)cc1)C(=O)O. The predicted octanol–water partition coefficient (Wildman–Crippen LogP) is 4.13. The molecule has 0 aliphatic rings. The number of fused-ring (bicyclic) bond motifs is 1. The molecule has 3 N–H and O–H groups in total. The van der Waals surface area contributed by atoms with Gasteiger partial charge in [0.25, 0.3) is 5.91 Å². The zero-order valence-electron chi connectivity index (χ0n) is 16.9. The maximum absolute atomic E-state index is 12.4. The summed E-state index contributed by atoms with van der Waals surface area (Å²) in [5, 5.41) is 20.6. The monoisotopic (exact) mass is 394 g/mol. The number of para-hydroxylation sites is 1. The molecule has 1 aromatic heterocycles. The molecule has 2 amide bonds. The molecular weight excluding hydrogens is 368 g/mol. The van der Waals surface area contributed by atoms with E-state index in [1.54, 1.807) is 12.1 Å². The molecule has 152 valence electrons. The highest BCUT2D eigenvalue weighted by molar-refractivity contribution is 5.96. The topological polar surface area (TPSA) is 98.3 Å². The van der Waals surface area contributed by atoms with Crippen molar-refractivity contribution in [2.24, 2.45) is 0 Å². The van der Waals surface area contributed by atoms with Crippen LogP contribution >= 0.6 is 0 Å². The van der Waals surface area contributed by atoms with Crippen molar-refractivity contribution in [2.75, 3.05) is 13.1 Å². The van der Waals surface area contributed by atoms with Crippen LogP contribution in [-0.2, 0) is 0 Å². The molecule has 0 spiro atoms. The highest BCUT2D eigenvalue weighted by Gasteiger charge is 2.25. The normalized spacial score (nSPS) is 11.4. The van der Waals surface area contributed by atoms with Crippen LogP contribution in [0.15, 0.2) is 48.5 Å². The minimum Gasteiger partial charge on any atom is -0.465 e. The third-order valence-electron chi connectivity index (χ3n) is 4.78. The predicted molar refractivity (Wildman–Crippen MR) is 113 cm³/mol. The first-order chi connectivity index (χ1) is 13.8. The zero-order chi connectivity index (χ0) is 21.0. The van der Waals surface area contributed by atoms with Crippen LogP contribution < -0.4 is 5.32 Å². The fraction of sp³-hybridized carbons (Fsp3) is 0.318. The number of carboxylic acid groups (broad SMARTS) is 1. The van der Waals surface area contributed by atoms with Gasteiger partial charge in [-0.15, -0.1) is 0 Å². The van der Waals surface area contributed by atoms with E-state index in [0.717, 1.165) is 22.2 Å². The molecule has 0 aliphatic carbocycles. The Morgan fingerprint density at radius 2 is 1.79 bits per heavy atom. The van der Waals surface area contributed by atoms with Gasteiger partial charge in [-0.2, -0.15) is 5.10 Å². The summed E-state index contributed by atoms with van der Waals surface area (Å²) >= 11 is 0. The van der Waals surface area contributed by atoms with Gasteiger partial charge in [0.1, 0.15) is 0 Å². The standard InChI is InChI=1S/C22H26N4O3/c1-22(2,3)26(21(28)29)14-6-13-23-20(27)16-11-9-15(10-12-16)19-17-7-4-5-8-18(17)24-25-19/h4-5,7-12H,6,13-14H2,1-3H3,(H,23,27)(H,24,25)(H,28,29). The minimum absolute atomic E-state index is 0.180. The van der Waals surface area contributed by atoms with Crippen molar-refractivity contribution in [1.29, 1.82) is 0 Å². The van der Waals surface area contributed by atoms with Crippen LogP contribution in [-0.4, -0.2) is 50.8 Å². The van der Waals surface area contributed by atoms with Crippen molar-refractivity contribution in [1.82, 2.24) is 20.4 Å². The summed E-state index contributed by atoms with van der Waals surface area (Å²) in [5.74, 6) is -0.180. The van der Waals surface area contributed by atoms with E-state index < -0.39 is 11.6 Å². The molecule has 3 aromatic rings. The Kier molecular flexibility index (Phi) is 5.87. The second kappa shape index (κ2) is 8.34. The number of nitrogens with zero attached hydrogens (tertiary/aromatic N) is 2. The molecule has 0 saturated carbocycles. The summed E-state index contributed by atoms with van der Waals surface area (Å²) in [5.41, 5.74) is 2.83. The van der Waals surface area contributed by atoms with Gasteiger partial charge in [0.05, 0.1) is 11.2 Å². The van der Waals surface area contributed by atoms with E-state index in [4.69, 9.17) is 0 Å². The van der Waals surface area contributed by atoms with E-state index in [2.05, 4.69) is 15.5 Å². The zero-order valence-corrected chi connectivity index (χ0v) is 16.9. The summed E-state index contributed by atoms with van der Waals surface area (Å²) < 4.78 is 0. The van der Waals surface area contributed by atoms with E-state index >= 15 is 0 Å².